The predicted octanol–water partition coefficient (Wildman–Crippen LogP) is 3.25. The third-order valence-corrected chi connectivity index (χ3v) is 5.83. The van der Waals surface area contributed by atoms with Gasteiger partial charge in [0, 0.05) is 23.3 Å². The molecule has 2 saturated carbocycles. The first kappa shape index (κ1) is 13.7. The molecule has 2 unspecified atom stereocenters. The third kappa shape index (κ3) is 1.78. The lowest BCUT2D eigenvalue weighted by Gasteiger charge is -2.23. The van der Waals surface area contributed by atoms with E-state index in [1.807, 2.05) is 18.5 Å². The monoisotopic (exact) mass is 318 g/mol. The van der Waals surface area contributed by atoms with E-state index < -0.39 is 0 Å². The van der Waals surface area contributed by atoms with Gasteiger partial charge in [0.2, 0.25) is 0 Å². The lowest BCUT2D eigenvalue weighted by molar-refractivity contribution is 0.270. The van der Waals surface area contributed by atoms with Crippen molar-refractivity contribution in [2.24, 2.45) is 11.8 Å². The second-order valence-corrected chi connectivity index (χ2v) is 6.99. The lowest BCUT2D eigenvalue weighted by atomic mass is 9.93. The van der Waals surface area contributed by atoms with E-state index in [9.17, 15) is 5.26 Å². The first-order chi connectivity index (χ1) is 11.8. The minimum Gasteiger partial charge on any atom is -0.346 e. The number of hydrogen-bond donors (Lipinski definition) is 1. The van der Waals surface area contributed by atoms with E-state index in [0.29, 0.717) is 5.92 Å². The molecular weight excluding hydrogens is 300 g/mol. The van der Waals surface area contributed by atoms with E-state index >= 15 is 0 Å². The molecule has 3 aromatic rings. The average Bonchev–Trinajstić information content (AvgIpc) is 3.15. The molecule has 5 rings (SSSR count). The van der Waals surface area contributed by atoms with Crippen LogP contribution in [0.5, 0.6) is 0 Å². The summed E-state index contributed by atoms with van der Waals surface area (Å²) >= 11 is 0. The number of hydrogen-bond acceptors (Lipinski definition) is 4. The predicted molar refractivity (Wildman–Crippen MR) is 88.8 cm³/mol. The van der Waals surface area contributed by atoms with Crippen molar-refractivity contribution in [3.05, 3.63) is 31.0 Å². The molecule has 2 fully saturated rings. The molecule has 24 heavy (non-hydrogen) atoms. The van der Waals surface area contributed by atoms with Gasteiger partial charge in [-0.3, -0.25) is 4.68 Å². The van der Waals surface area contributed by atoms with Gasteiger partial charge in [-0.15, -0.1) is 0 Å². The van der Waals surface area contributed by atoms with Crippen molar-refractivity contribution in [1.82, 2.24) is 24.7 Å². The Kier molecular flexibility index (Phi) is 2.81. The maximum Gasteiger partial charge on any atom is 0.141 e. The van der Waals surface area contributed by atoms with Crippen LogP contribution in [0.4, 0.5) is 0 Å². The second-order valence-electron chi connectivity index (χ2n) is 6.99. The number of aromatic amines is 1. The van der Waals surface area contributed by atoms with Crippen molar-refractivity contribution in [1.29, 1.82) is 5.26 Å². The zero-order valence-electron chi connectivity index (χ0n) is 13.3. The van der Waals surface area contributed by atoms with Gasteiger partial charge in [0.1, 0.15) is 12.0 Å². The van der Waals surface area contributed by atoms with Gasteiger partial charge in [-0.05, 0) is 31.2 Å². The Labute approximate surface area is 139 Å². The summed E-state index contributed by atoms with van der Waals surface area (Å²) < 4.78 is 2.06. The van der Waals surface area contributed by atoms with Gasteiger partial charge >= 0.3 is 0 Å². The van der Waals surface area contributed by atoms with Gasteiger partial charge in [-0.25, -0.2) is 9.97 Å². The van der Waals surface area contributed by atoms with E-state index in [2.05, 4.69) is 37.0 Å². The van der Waals surface area contributed by atoms with E-state index in [0.717, 1.165) is 28.7 Å². The van der Waals surface area contributed by atoms with Crippen molar-refractivity contribution in [3.8, 4) is 17.3 Å². The molecule has 2 aliphatic carbocycles. The summed E-state index contributed by atoms with van der Waals surface area (Å²) in [5, 5.41) is 15.1. The summed E-state index contributed by atoms with van der Waals surface area (Å²) in [7, 11) is 0. The largest absolute Gasteiger partial charge is 0.346 e. The van der Waals surface area contributed by atoms with Crippen LogP contribution >= 0.6 is 0 Å². The maximum absolute atomic E-state index is 9.48. The van der Waals surface area contributed by atoms with Crippen LogP contribution in [0.1, 0.15) is 32.1 Å². The summed E-state index contributed by atoms with van der Waals surface area (Å²) in [6.07, 6.45) is 13.3. The highest BCUT2D eigenvalue weighted by Gasteiger charge is 2.62. The Morgan fingerprint density at radius 2 is 2.17 bits per heavy atom. The van der Waals surface area contributed by atoms with Crippen molar-refractivity contribution in [3.63, 3.8) is 0 Å². The molecule has 1 N–H and O–H groups in total. The summed E-state index contributed by atoms with van der Waals surface area (Å²) in [4.78, 5) is 11.8. The van der Waals surface area contributed by atoms with Crippen molar-refractivity contribution in [2.75, 3.05) is 0 Å². The maximum atomic E-state index is 9.48. The highest BCUT2D eigenvalue weighted by atomic mass is 15.3. The van der Waals surface area contributed by atoms with Gasteiger partial charge in [-0.1, -0.05) is 12.8 Å². The molecule has 6 heteroatoms. The van der Waals surface area contributed by atoms with E-state index in [1.54, 1.807) is 6.33 Å². The van der Waals surface area contributed by atoms with Gasteiger partial charge < -0.3 is 4.98 Å². The zero-order valence-corrected chi connectivity index (χ0v) is 13.3. The van der Waals surface area contributed by atoms with Crippen molar-refractivity contribution >= 4 is 11.0 Å². The topological polar surface area (TPSA) is 83.2 Å². The molecule has 3 heterocycles. The standard InChI is InChI=1S/C18H18N6/c19-8-14-7-18(14,13-3-1-2-4-13)24-10-12(9-23-24)16-15-5-6-20-17(15)22-11-21-16/h5-6,9-11,13-14H,1-4,7H2,(H,20,21,22). The van der Waals surface area contributed by atoms with E-state index in [1.165, 1.54) is 25.7 Å². The molecule has 0 spiro atoms. The average molecular weight is 318 g/mol. The number of nitriles is 1. The Hall–Kier alpha value is -2.68. The van der Waals surface area contributed by atoms with Crippen molar-refractivity contribution < 1.29 is 0 Å². The van der Waals surface area contributed by atoms with Crippen LogP contribution in [0.15, 0.2) is 31.0 Å². The number of rotatable bonds is 3. The molecular formula is C18H18N6. The Morgan fingerprint density at radius 3 is 2.96 bits per heavy atom. The minimum atomic E-state index is -0.0895. The number of H-pyrrole nitrogens is 1. The SMILES string of the molecule is N#CC1CC1(C1CCCC1)n1cc(-c2ncnc3[nH]ccc23)cn1. The molecule has 2 aliphatic rings. The molecule has 120 valence electrons. The molecule has 3 aromatic heterocycles. The Morgan fingerprint density at radius 1 is 1.29 bits per heavy atom. The summed E-state index contributed by atoms with van der Waals surface area (Å²) in [6.45, 7) is 0. The quantitative estimate of drug-likeness (QED) is 0.803. The summed E-state index contributed by atoms with van der Waals surface area (Å²) in [5.41, 5.74) is 2.62. The van der Waals surface area contributed by atoms with Crippen LogP contribution in [-0.4, -0.2) is 24.7 Å². The molecule has 2 atom stereocenters. The number of fused-ring (bicyclic) bond motifs is 1. The van der Waals surface area contributed by atoms with E-state index in [4.69, 9.17) is 0 Å². The molecule has 0 saturated heterocycles. The summed E-state index contributed by atoms with van der Waals surface area (Å²) in [5.74, 6) is 0.665. The van der Waals surface area contributed by atoms with Crippen LogP contribution in [0.25, 0.3) is 22.3 Å². The summed E-state index contributed by atoms with van der Waals surface area (Å²) in [6, 6.07) is 4.48. The van der Waals surface area contributed by atoms with Crippen LogP contribution in [0, 0.1) is 23.2 Å². The molecule has 0 aliphatic heterocycles. The van der Waals surface area contributed by atoms with E-state index in [-0.39, 0.29) is 11.5 Å². The first-order valence-electron chi connectivity index (χ1n) is 8.56. The number of nitrogens with one attached hydrogen (secondary N) is 1. The molecule has 0 bridgehead atoms. The highest BCUT2D eigenvalue weighted by molar-refractivity contribution is 5.89. The lowest BCUT2D eigenvalue weighted by Crippen LogP contribution is -2.28. The molecule has 0 radical (unpaired) electrons. The van der Waals surface area contributed by atoms with Gasteiger partial charge in [0.05, 0.1) is 29.4 Å². The Bertz CT molecular complexity index is 942. The van der Waals surface area contributed by atoms with Crippen LogP contribution in [0.3, 0.4) is 0 Å². The van der Waals surface area contributed by atoms with Gasteiger partial charge in [0.25, 0.3) is 0 Å². The molecule has 0 aromatic carbocycles. The normalized spacial score (nSPS) is 26.7. The van der Waals surface area contributed by atoms with Crippen LogP contribution in [0.2, 0.25) is 0 Å². The first-order valence-corrected chi connectivity index (χ1v) is 8.56. The number of aromatic nitrogens is 5. The fraction of sp³-hybridized carbons (Fsp3) is 0.444. The second kappa shape index (κ2) is 4.91. The minimum absolute atomic E-state index is 0.0889. The highest BCUT2D eigenvalue weighted by Crippen LogP contribution is 2.59. The fourth-order valence-electron chi connectivity index (χ4n) is 4.52. The van der Waals surface area contributed by atoms with Crippen LogP contribution < -0.4 is 0 Å². The molecule has 0 amide bonds. The van der Waals surface area contributed by atoms with Crippen LogP contribution in [-0.2, 0) is 5.54 Å². The number of nitrogens with zero attached hydrogens (tertiary/aromatic N) is 5. The molecule has 6 nitrogen and oxygen atoms in total. The Balaban J connectivity index is 1.58. The van der Waals surface area contributed by atoms with Gasteiger partial charge in [0.15, 0.2) is 0 Å². The van der Waals surface area contributed by atoms with Crippen molar-refractivity contribution in [2.45, 2.75) is 37.6 Å². The fourth-order valence-corrected chi connectivity index (χ4v) is 4.52. The third-order valence-electron chi connectivity index (χ3n) is 5.83. The smallest absolute Gasteiger partial charge is 0.141 e. The van der Waals surface area contributed by atoms with Gasteiger partial charge in [-0.2, -0.15) is 10.4 Å². The zero-order chi connectivity index (χ0) is 16.1.